The molecule has 0 bridgehead atoms. The minimum Gasteiger partial charge on any atom is -0.488 e. The Bertz CT molecular complexity index is 943. The minimum atomic E-state index is -0.199. The van der Waals surface area contributed by atoms with E-state index in [-0.39, 0.29) is 24.5 Å². The Labute approximate surface area is 196 Å². The van der Waals surface area contributed by atoms with Gasteiger partial charge in [-0.3, -0.25) is 9.59 Å². The molecule has 6 heteroatoms. The lowest BCUT2D eigenvalue weighted by Gasteiger charge is -2.31. The van der Waals surface area contributed by atoms with E-state index in [0.717, 1.165) is 61.8 Å². The summed E-state index contributed by atoms with van der Waals surface area (Å²) in [6.07, 6.45) is 6.55. The number of hydrogen-bond acceptors (Lipinski definition) is 5. The predicted molar refractivity (Wildman–Crippen MR) is 131 cm³/mol. The van der Waals surface area contributed by atoms with Crippen molar-refractivity contribution in [2.24, 2.45) is 0 Å². The van der Waals surface area contributed by atoms with Crippen molar-refractivity contribution < 1.29 is 19.1 Å². The number of ether oxygens (including phenoxy) is 2. The summed E-state index contributed by atoms with van der Waals surface area (Å²) in [6.45, 7) is 5.46. The van der Waals surface area contributed by atoms with E-state index in [1.165, 1.54) is 7.11 Å². The van der Waals surface area contributed by atoms with Crippen LogP contribution in [0.25, 0.3) is 10.8 Å². The fourth-order valence-electron chi connectivity index (χ4n) is 4.16. The van der Waals surface area contributed by atoms with Crippen molar-refractivity contribution in [1.82, 2.24) is 10.2 Å². The van der Waals surface area contributed by atoms with Gasteiger partial charge in [0.25, 0.3) is 5.91 Å². The van der Waals surface area contributed by atoms with Crippen LogP contribution in [0.4, 0.5) is 0 Å². The number of carbonyl (C=O) groups excluding carboxylic acids is 2. The second-order valence-corrected chi connectivity index (χ2v) is 8.50. The number of esters is 1. The van der Waals surface area contributed by atoms with E-state index in [0.29, 0.717) is 18.4 Å². The Hall–Kier alpha value is -2.86. The number of benzene rings is 2. The third-order valence-electron chi connectivity index (χ3n) is 6.25. The Morgan fingerprint density at radius 2 is 1.85 bits per heavy atom. The number of methoxy groups -OCH3 is 1. The minimum absolute atomic E-state index is 0.0573. The number of piperidine rings is 1. The first-order valence-electron chi connectivity index (χ1n) is 12.0. The van der Waals surface area contributed by atoms with Crippen LogP contribution in [0, 0.1) is 0 Å². The predicted octanol–water partition coefficient (Wildman–Crippen LogP) is 4.48. The monoisotopic (exact) mass is 452 g/mol. The molecule has 6 nitrogen and oxygen atoms in total. The molecule has 0 radical (unpaired) electrons. The molecule has 1 N–H and O–H groups in total. The molecule has 0 aliphatic carbocycles. The Morgan fingerprint density at radius 1 is 1.09 bits per heavy atom. The van der Waals surface area contributed by atoms with E-state index in [9.17, 15) is 9.59 Å². The lowest BCUT2D eigenvalue weighted by molar-refractivity contribution is -0.140. The first-order chi connectivity index (χ1) is 16.1. The number of carbonyl (C=O) groups is 2. The zero-order valence-corrected chi connectivity index (χ0v) is 19.8. The molecule has 2 aromatic rings. The lowest BCUT2D eigenvalue weighted by atomic mass is 10.0. The third kappa shape index (κ3) is 7.60. The topological polar surface area (TPSA) is 67.9 Å². The van der Waals surface area contributed by atoms with Gasteiger partial charge < -0.3 is 19.7 Å². The number of rotatable bonds is 11. The van der Waals surface area contributed by atoms with E-state index < -0.39 is 0 Å². The van der Waals surface area contributed by atoms with Crippen molar-refractivity contribution in [2.75, 3.05) is 33.4 Å². The Kier molecular flexibility index (Phi) is 9.76. The zero-order chi connectivity index (χ0) is 23.5. The van der Waals surface area contributed by atoms with Crippen molar-refractivity contribution in [2.45, 2.75) is 51.5 Å². The number of amides is 1. The van der Waals surface area contributed by atoms with Crippen LogP contribution >= 0.6 is 0 Å². The van der Waals surface area contributed by atoms with Crippen molar-refractivity contribution in [3.05, 3.63) is 54.1 Å². The van der Waals surface area contributed by atoms with Gasteiger partial charge in [0, 0.05) is 30.9 Å². The van der Waals surface area contributed by atoms with E-state index in [2.05, 4.69) is 29.3 Å². The molecule has 3 rings (SSSR count). The lowest BCUT2D eigenvalue weighted by Crippen LogP contribution is -2.45. The van der Waals surface area contributed by atoms with Gasteiger partial charge in [-0.15, -0.1) is 0 Å². The molecule has 1 aliphatic heterocycles. The number of allylic oxidation sites excluding steroid dienone is 1. The molecule has 2 aromatic carbocycles. The molecule has 0 atom stereocenters. The molecule has 0 unspecified atom stereocenters. The second kappa shape index (κ2) is 13.0. The summed E-state index contributed by atoms with van der Waals surface area (Å²) in [5.41, 5.74) is 0.638. The highest BCUT2D eigenvalue weighted by Crippen LogP contribution is 2.25. The maximum Gasteiger partial charge on any atom is 0.305 e. The summed E-state index contributed by atoms with van der Waals surface area (Å²) in [6, 6.07) is 14.2. The van der Waals surface area contributed by atoms with Crippen molar-refractivity contribution >= 4 is 22.6 Å². The Balaban J connectivity index is 1.63. The van der Waals surface area contributed by atoms with Crippen molar-refractivity contribution in [1.29, 1.82) is 0 Å². The highest BCUT2D eigenvalue weighted by Gasteiger charge is 2.21. The molecule has 1 fully saturated rings. The molecule has 0 saturated carbocycles. The van der Waals surface area contributed by atoms with Crippen LogP contribution in [0.15, 0.2) is 54.1 Å². The van der Waals surface area contributed by atoms with Gasteiger partial charge in [0.05, 0.1) is 12.7 Å². The summed E-state index contributed by atoms with van der Waals surface area (Å²) in [4.78, 5) is 26.9. The van der Waals surface area contributed by atoms with Crippen LogP contribution in [0.3, 0.4) is 0 Å². The molecule has 178 valence electrons. The van der Waals surface area contributed by atoms with Gasteiger partial charge in [-0.2, -0.15) is 0 Å². The van der Waals surface area contributed by atoms with Gasteiger partial charge in [-0.1, -0.05) is 49.4 Å². The Morgan fingerprint density at radius 3 is 2.61 bits per heavy atom. The van der Waals surface area contributed by atoms with Crippen LogP contribution in [-0.2, 0) is 14.3 Å². The van der Waals surface area contributed by atoms with E-state index in [1.54, 1.807) is 0 Å². The van der Waals surface area contributed by atoms with Gasteiger partial charge in [-0.05, 0) is 50.1 Å². The average molecular weight is 453 g/mol. The fraction of sp³-hybridized carbons (Fsp3) is 0.481. The fourth-order valence-corrected chi connectivity index (χ4v) is 4.16. The van der Waals surface area contributed by atoms with E-state index >= 15 is 0 Å². The molecule has 33 heavy (non-hydrogen) atoms. The molecular weight excluding hydrogens is 416 g/mol. The summed E-state index contributed by atoms with van der Waals surface area (Å²) in [5.74, 6) is 0.515. The molecule has 1 saturated heterocycles. The van der Waals surface area contributed by atoms with Crippen LogP contribution in [-0.4, -0.2) is 56.2 Å². The van der Waals surface area contributed by atoms with Crippen molar-refractivity contribution in [3.8, 4) is 5.75 Å². The maximum absolute atomic E-state index is 13.1. The molecule has 1 aliphatic rings. The summed E-state index contributed by atoms with van der Waals surface area (Å²) < 4.78 is 10.8. The van der Waals surface area contributed by atoms with Crippen molar-refractivity contribution in [3.63, 3.8) is 0 Å². The first kappa shape index (κ1) is 24.8. The maximum atomic E-state index is 13.1. The molecule has 0 aromatic heterocycles. The SMILES string of the molecule is CCN1CCC(NC(=O)/C(=C/CCCCC(=O)OC)COc2cccc3ccccc23)CC1. The number of nitrogens with zero attached hydrogens (tertiary/aromatic N) is 1. The first-order valence-corrected chi connectivity index (χ1v) is 12.0. The average Bonchev–Trinajstić information content (AvgIpc) is 2.85. The number of likely N-dealkylation sites (tertiary alicyclic amines) is 1. The standard InChI is InChI=1S/C27H36N2O4/c1-3-29-18-16-23(17-19-29)28-27(31)22(11-5-4-6-15-26(30)32-2)20-33-25-14-9-12-21-10-7-8-13-24(21)25/h7-14,23H,3-6,15-20H2,1-2H3,(H,28,31)/b22-11+. The molecule has 1 amide bonds. The van der Waals surface area contributed by atoms with Crippen LogP contribution in [0.5, 0.6) is 5.75 Å². The van der Waals surface area contributed by atoms with Gasteiger partial charge >= 0.3 is 5.97 Å². The summed E-state index contributed by atoms with van der Waals surface area (Å²) in [7, 11) is 1.40. The normalized spacial score (nSPS) is 15.4. The molecular formula is C27H36N2O4. The van der Waals surface area contributed by atoms with E-state index in [4.69, 9.17) is 9.47 Å². The van der Waals surface area contributed by atoms with Gasteiger partial charge in [0.2, 0.25) is 0 Å². The number of nitrogens with one attached hydrogen (secondary N) is 1. The molecule has 0 spiro atoms. The molecule has 1 heterocycles. The van der Waals surface area contributed by atoms with E-state index in [1.807, 2.05) is 36.4 Å². The summed E-state index contributed by atoms with van der Waals surface area (Å²) >= 11 is 0. The number of hydrogen-bond donors (Lipinski definition) is 1. The highest BCUT2D eigenvalue weighted by molar-refractivity contribution is 5.94. The van der Waals surface area contributed by atoms with Crippen LogP contribution in [0.2, 0.25) is 0 Å². The van der Waals surface area contributed by atoms with Crippen LogP contribution < -0.4 is 10.1 Å². The van der Waals surface area contributed by atoms with Gasteiger partial charge in [0.15, 0.2) is 0 Å². The third-order valence-corrected chi connectivity index (χ3v) is 6.25. The quantitative estimate of drug-likeness (QED) is 0.309. The van der Waals surface area contributed by atoms with Gasteiger partial charge in [-0.25, -0.2) is 0 Å². The van der Waals surface area contributed by atoms with Gasteiger partial charge in [0.1, 0.15) is 12.4 Å². The summed E-state index contributed by atoms with van der Waals surface area (Å²) in [5, 5.41) is 5.36. The largest absolute Gasteiger partial charge is 0.488 e. The smallest absolute Gasteiger partial charge is 0.305 e. The zero-order valence-electron chi connectivity index (χ0n) is 19.8. The number of unbranched alkanes of at least 4 members (excludes halogenated alkanes) is 2. The number of fused-ring (bicyclic) bond motifs is 1. The second-order valence-electron chi connectivity index (χ2n) is 8.50. The highest BCUT2D eigenvalue weighted by atomic mass is 16.5. The van der Waals surface area contributed by atoms with Crippen LogP contribution in [0.1, 0.15) is 45.4 Å².